The zero-order valence-corrected chi connectivity index (χ0v) is 19.8. The minimum Gasteiger partial charge on any atom is -0.399 e. The second-order valence-electron chi connectivity index (χ2n) is 9.87. The Bertz CT molecular complexity index is 1060. The van der Waals surface area contributed by atoms with Crippen molar-refractivity contribution in [1.29, 1.82) is 0 Å². The van der Waals surface area contributed by atoms with Crippen molar-refractivity contribution >= 4 is 0 Å². The van der Waals surface area contributed by atoms with Crippen LogP contribution in [0.2, 0.25) is 0 Å². The minimum absolute atomic E-state index is 0.0548. The molecular weight excluding hydrogens is 466 g/mol. The largest absolute Gasteiger partial charge is 0.573 e. The van der Waals surface area contributed by atoms with E-state index < -0.39 is 29.6 Å². The predicted octanol–water partition coefficient (Wildman–Crippen LogP) is 9.08. The maximum absolute atomic E-state index is 14.9. The van der Waals surface area contributed by atoms with E-state index in [1.807, 2.05) is 0 Å². The quantitative estimate of drug-likeness (QED) is 0.274. The zero-order chi connectivity index (χ0) is 25.2. The van der Waals surface area contributed by atoms with Gasteiger partial charge in [-0.2, -0.15) is 0 Å². The van der Waals surface area contributed by atoms with Crippen LogP contribution in [0.4, 0.5) is 26.3 Å². The van der Waals surface area contributed by atoms with Gasteiger partial charge >= 0.3 is 6.36 Å². The van der Waals surface area contributed by atoms with E-state index in [1.165, 1.54) is 56.2 Å². The molecular formula is C28H30F6O. The van der Waals surface area contributed by atoms with E-state index in [-0.39, 0.29) is 11.1 Å². The van der Waals surface area contributed by atoms with Crippen molar-refractivity contribution in [3.05, 3.63) is 64.5 Å². The van der Waals surface area contributed by atoms with E-state index in [4.69, 9.17) is 0 Å². The third-order valence-electron chi connectivity index (χ3n) is 7.38. The lowest BCUT2D eigenvalue weighted by Crippen LogP contribution is -2.19. The normalized spacial score (nSPS) is 20.4. The molecule has 0 unspecified atom stereocenters. The van der Waals surface area contributed by atoms with Crippen LogP contribution >= 0.6 is 0 Å². The predicted molar refractivity (Wildman–Crippen MR) is 124 cm³/mol. The smallest absolute Gasteiger partial charge is 0.399 e. The van der Waals surface area contributed by atoms with Crippen molar-refractivity contribution in [3.8, 4) is 16.9 Å². The highest BCUT2D eigenvalue weighted by Gasteiger charge is 2.34. The van der Waals surface area contributed by atoms with Gasteiger partial charge in [0.1, 0.15) is 5.82 Å². The molecule has 0 aromatic heterocycles. The molecule has 2 aliphatic rings. The monoisotopic (exact) mass is 496 g/mol. The van der Waals surface area contributed by atoms with Gasteiger partial charge in [-0.15, -0.1) is 13.2 Å². The molecule has 2 aromatic carbocycles. The Balaban J connectivity index is 1.43. The van der Waals surface area contributed by atoms with Gasteiger partial charge in [0.2, 0.25) is 5.75 Å². The first kappa shape index (κ1) is 25.6. The number of allylic oxidation sites excluding steroid dienone is 2. The van der Waals surface area contributed by atoms with Crippen molar-refractivity contribution in [3.63, 3.8) is 0 Å². The number of alkyl halides is 3. The Kier molecular flexibility index (Phi) is 7.82. The number of fused-ring (bicyclic) bond motifs is 1. The summed E-state index contributed by atoms with van der Waals surface area (Å²) in [6.07, 6.45) is 8.05. The standard InChI is InChI=1S/C28H30F6O/c1-2-3-17-4-6-18(7-5-17)8-9-19-10-11-20-13-23(24(29)14-21(20)12-19)22-15-25(30)27(26(31)16-22)35-28(32,33)34/h10,13-18H,2-9,11-12H2,1H3. The molecule has 0 N–H and O–H groups in total. The van der Waals surface area contributed by atoms with E-state index in [0.29, 0.717) is 25.0 Å². The Morgan fingerprint density at radius 2 is 1.46 bits per heavy atom. The summed E-state index contributed by atoms with van der Waals surface area (Å²) in [4.78, 5) is 0. The molecule has 0 spiro atoms. The van der Waals surface area contributed by atoms with Crippen LogP contribution in [-0.2, 0) is 12.8 Å². The Hall–Kier alpha value is -2.44. The molecule has 2 aromatic rings. The summed E-state index contributed by atoms with van der Waals surface area (Å²) in [6.45, 7) is 2.24. The van der Waals surface area contributed by atoms with Crippen LogP contribution in [0.5, 0.6) is 5.75 Å². The highest BCUT2D eigenvalue weighted by molar-refractivity contribution is 5.67. The molecule has 0 atom stereocenters. The molecule has 7 heteroatoms. The number of benzene rings is 2. The van der Waals surface area contributed by atoms with Gasteiger partial charge in [-0.3, -0.25) is 0 Å². The molecule has 0 bridgehead atoms. The minimum atomic E-state index is -5.24. The average molecular weight is 497 g/mol. The van der Waals surface area contributed by atoms with Crippen molar-refractivity contribution < 1.29 is 31.1 Å². The highest BCUT2D eigenvalue weighted by Crippen LogP contribution is 2.38. The van der Waals surface area contributed by atoms with Gasteiger partial charge in [0.05, 0.1) is 0 Å². The van der Waals surface area contributed by atoms with Crippen LogP contribution in [-0.4, -0.2) is 6.36 Å². The SMILES string of the molecule is CCCC1CCC(CCC2=CCc3cc(-c4cc(F)c(OC(F)(F)F)c(F)c4)c(F)cc3C2)CC1. The van der Waals surface area contributed by atoms with Crippen LogP contribution in [0.15, 0.2) is 35.9 Å². The van der Waals surface area contributed by atoms with Gasteiger partial charge in [-0.05, 0) is 78.5 Å². The molecule has 35 heavy (non-hydrogen) atoms. The molecule has 1 nitrogen and oxygen atoms in total. The van der Waals surface area contributed by atoms with Crippen molar-refractivity contribution in [2.24, 2.45) is 11.8 Å². The van der Waals surface area contributed by atoms with Crippen molar-refractivity contribution in [2.75, 3.05) is 0 Å². The Labute approximate surface area is 202 Å². The molecule has 0 radical (unpaired) electrons. The summed E-state index contributed by atoms with van der Waals surface area (Å²) < 4.78 is 83.8. The lowest BCUT2D eigenvalue weighted by Gasteiger charge is -2.29. The van der Waals surface area contributed by atoms with Gasteiger partial charge in [0.25, 0.3) is 0 Å². The summed E-state index contributed by atoms with van der Waals surface area (Å²) in [5.41, 5.74) is 2.74. The van der Waals surface area contributed by atoms with E-state index in [1.54, 1.807) is 0 Å². The summed E-state index contributed by atoms with van der Waals surface area (Å²) in [5.74, 6) is -3.67. The summed E-state index contributed by atoms with van der Waals surface area (Å²) >= 11 is 0. The van der Waals surface area contributed by atoms with E-state index in [2.05, 4.69) is 17.7 Å². The molecule has 190 valence electrons. The Morgan fingerprint density at radius 3 is 2.06 bits per heavy atom. The number of hydrogen-bond donors (Lipinski definition) is 0. The first-order chi connectivity index (χ1) is 16.6. The maximum atomic E-state index is 14.9. The fourth-order valence-corrected chi connectivity index (χ4v) is 5.53. The van der Waals surface area contributed by atoms with E-state index in [0.717, 1.165) is 35.8 Å². The summed E-state index contributed by atoms with van der Waals surface area (Å²) in [7, 11) is 0. The van der Waals surface area contributed by atoms with Crippen LogP contribution < -0.4 is 4.74 Å². The van der Waals surface area contributed by atoms with Crippen LogP contribution in [0.25, 0.3) is 11.1 Å². The zero-order valence-electron chi connectivity index (χ0n) is 19.8. The maximum Gasteiger partial charge on any atom is 0.573 e. The number of halogens is 6. The molecule has 1 saturated carbocycles. The molecule has 2 aliphatic carbocycles. The molecule has 0 saturated heterocycles. The van der Waals surface area contributed by atoms with Gasteiger partial charge in [-0.1, -0.05) is 57.1 Å². The van der Waals surface area contributed by atoms with E-state index in [9.17, 15) is 26.3 Å². The van der Waals surface area contributed by atoms with Gasteiger partial charge in [-0.25, -0.2) is 13.2 Å². The van der Waals surface area contributed by atoms with Crippen molar-refractivity contribution in [2.45, 2.75) is 77.5 Å². The molecule has 0 heterocycles. The fourth-order valence-electron chi connectivity index (χ4n) is 5.53. The highest BCUT2D eigenvalue weighted by atomic mass is 19.4. The van der Waals surface area contributed by atoms with Crippen LogP contribution in [0.3, 0.4) is 0 Å². The molecule has 0 aliphatic heterocycles. The third-order valence-corrected chi connectivity index (χ3v) is 7.38. The number of ether oxygens (including phenoxy) is 1. The van der Waals surface area contributed by atoms with Gasteiger partial charge < -0.3 is 4.74 Å². The van der Waals surface area contributed by atoms with Gasteiger partial charge in [0, 0.05) is 5.56 Å². The van der Waals surface area contributed by atoms with Gasteiger partial charge in [0.15, 0.2) is 11.6 Å². The fraction of sp³-hybridized carbons (Fsp3) is 0.500. The molecule has 1 fully saturated rings. The third kappa shape index (κ3) is 6.42. The topological polar surface area (TPSA) is 9.23 Å². The second kappa shape index (κ2) is 10.7. The summed E-state index contributed by atoms with van der Waals surface area (Å²) in [5, 5.41) is 0. The summed E-state index contributed by atoms with van der Waals surface area (Å²) in [6, 6.07) is 4.23. The second-order valence-corrected chi connectivity index (χ2v) is 9.87. The average Bonchev–Trinajstić information content (AvgIpc) is 2.80. The van der Waals surface area contributed by atoms with Crippen molar-refractivity contribution in [1.82, 2.24) is 0 Å². The lowest BCUT2D eigenvalue weighted by atomic mass is 9.77. The first-order valence-corrected chi connectivity index (χ1v) is 12.4. The van der Waals surface area contributed by atoms with E-state index >= 15 is 0 Å². The molecule has 0 amide bonds. The number of rotatable bonds is 7. The number of hydrogen-bond acceptors (Lipinski definition) is 1. The van der Waals surface area contributed by atoms with Crippen LogP contribution in [0, 0.1) is 29.3 Å². The Morgan fingerprint density at radius 1 is 0.829 bits per heavy atom. The molecule has 4 rings (SSSR count). The van der Waals surface area contributed by atoms with Crippen LogP contribution in [0.1, 0.15) is 69.4 Å². The lowest BCUT2D eigenvalue weighted by molar-refractivity contribution is -0.276. The first-order valence-electron chi connectivity index (χ1n) is 12.4.